The quantitative estimate of drug-likeness (QED) is 0.500. The molecule has 0 amide bonds. The summed E-state index contributed by atoms with van der Waals surface area (Å²) in [6.45, 7) is 0. The maximum atomic E-state index is 11.1. The Hall–Kier alpha value is -1.48. The number of hydrogen-bond donors (Lipinski definition) is 3. The zero-order chi connectivity index (χ0) is 13.9. The zero-order valence-electron chi connectivity index (χ0n) is 9.35. The molecule has 2 atom stereocenters. The summed E-state index contributed by atoms with van der Waals surface area (Å²) in [5.74, 6) is -1.12. The van der Waals surface area contributed by atoms with Gasteiger partial charge in [-0.1, -0.05) is 18.2 Å². The van der Waals surface area contributed by atoms with Crippen molar-refractivity contribution in [2.45, 2.75) is 17.1 Å². The van der Waals surface area contributed by atoms with Crippen LogP contribution in [0.25, 0.3) is 0 Å². The maximum Gasteiger partial charge on any atom is 0.337 e. The van der Waals surface area contributed by atoms with Gasteiger partial charge in [-0.2, -0.15) is 8.42 Å². The molecular formula is C10H12O7S. The third kappa shape index (κ3) is 3.05. The lowest BCUT2D eigenvalue weighted by atomic mass is 10.0. The smallest absolute Gasteiger partial charge is 0.337 e. The first kappa shape index (κ1) is 14.6. The molecule has 0 radical (unpaired) electrons. The number of hydrogen-bond acceptors (Lipinski definition) is 6. The van der Waals surface area contributed by atoms with Crippen molar-refractivity contribution >= 4 is 16.1 Å². The Balaban J connectivity index is 3.22. The first-order chi connectivity index (χ1) is 8.29. The van der Waals surface area contributed by atoms with Crippen LogP contribution in [0.1, 0.15) is 11.7 Å². The van der Waals surface area contributed by atoms with E-state index in [0.717, 1.165) is 13.2 Å². The fourth-order valence-electron chi connectivity index (χ4n) is 1.38. The number of aliphatic hydroxyl groups is 2. The van der Waals surface area contributed by atoms with Crippen LogP contribution in [0.2, 0.25) is 0 Å². The Bertz CT molecular complexity index is 537. The van der Waals surface area contributed by atoms with E-state index in [-0.39, 0.29) is 5.56 Å². The monoisotopic (exact) mass is 276 g/mol. The van der Waals surface area contributed by atoms with Gasteiger partial charge in [-0.25, -0.2) is 4.79 Å². The number of benzene rings is 1. The number of carbonyl (C=O) groups is 1. The van der Waals surface area contributed by atoms with Crippen molar-refractivity contribution in [3.63, 3.8) is 0 Å². The molecule has 18 heavy (non-hydrogen) atoms. The molecule has 0 aliphatic rings. The normalized spacial score (nSPS) is 14.9. The summed E-state index contributed by atoms with van der Waals surface area (Å²) in [6.07, 6.45) is -3.77. The highest BCUT2D eigenvalue weighted by Crippen LogP contribution is 2.25. The summed E-state index contributed by atoms with van der Waals surface area (Å²) in [5.41, 5.74) is -0.294. The van der Waals surface area contributed by atoms with Crippen LogP contribution in [-0.4, -0.2) is 42.4 Å². The molecule has 7 nitrogen and oxygen atoms in total. The van der Waals surface area contributed by atoms with Crippen molar-refractivity contribution in [1.29, 1.82) is 0 Å². The van der Waals surface area contributed by atoms with E-state index in [1.165, 1.54) is 18.2 Å². The second kappa shape index (κ2) is 5.44. The molecule has 2 unspecified atom stereocenters. The highest BCUT2D eigenvalue weighted by molar-refractivity contribution is 7.85. The third-order valence-electron chi connectivity index (χ3n) is 2.26. The van der Waals surface area contributed by atoms with Crippen LogP contribution in [0.5, 0.6) is 0 Å². The molecule has 1 aromatic rings. The standard InChI is InChI=1S/C10H12O7S/c1-17-10(13)9(12)8(11)6-4-2-3-5-7(6)18(14,15)16/h2-5,8-9,11-12H,1H3,(H,14,15,16). The van der Waals surface area contributed by atoms with Gasteiger partial charge < -0.3 is 14.9 Å². The molecule has 3 N–H and O–H groups in total. The maximum absolute atomic E-state index is 11.1. The summed E-state index contributed by atoms with van der Waals surface area (Å²) in [6, 6.07) is 4.92. The molecule has 100 valence electrons. The topological polar surface area (TPSA) is 121 Å². The summed E-state index contributed by atoms with van der Waals surface area (Å²) in [5, 5.41) is 19.1. The van der Waals surface area contributed by atoms with Crippen molar-refractivity contribution in [2.75, 3.05) is 7.11 Å². The van der Waals surface area contributed by atoms with Gasteiger partial charge in [0.25, 0.3) is 10.1 Å². The van der Waals surface area contributed by atoms with Gasteiger partial charge in [0, 0.05) is 5.56 Å². The van der Waals surface area contributed by atoms with Crippen LogP contribution in [0, 0.1) is 0 Å². The Morgan fingerprint density at radius 1 is 1.28 bits per heavy atom. The Labute approximate surface area is 103 Å². The average Bonchev–Trinajstić information content (AvgIpc) is 2.35. The highest BCUT2D eigenvalue weighted by atomic mass is 32.2. The number of esters is 1. The number of methoxy groups -OCH3 is 1. The molecule has 0 saturated carbocycles. The van der Waals surface area contributed by atoms with Crippen LogP contribution in [-0.2, 0) is 19.6 Å². The molecule has 0 saturated heterocycles. The molecule has 8 heteroatoms. The van der Waals surface area contributed by atoms with Gasteiger partial charge >= 0.3 is 5.97 Å². The first-order valence-electron chi connectivity index (χ1n) is 4.79. The second-order valence-electron chi connectivity index (χ2n) is 3.43. The minimum absolute atomic E-state index is 0.294. The fraction of sp³-hybridized carbons (Fsp3) is 0.300. The summed E-state index contributed by atoms with van der Waals surface area (Å²) in [7, 11) is -3.56. The first-order valence-corrected chi connectivity index (χ1v) is 6.23. The molecule has 0 spiro atoms. The predicted molar refractivity (Wildman–Crippen MR) is 59.2 cm³/mol. The van der Waals surface area contributed by atoms with Crippen molar-refractivity contribution in [2.24, 2.45) is 0 Å². The zero-order valence-corrected chi connectivity index (χ0v) is 10.2. The molecule has 0 aliphatic carbocycles. The summed E-state index contributed by atoms with van der Waals surface area (Å²) in [4.78, 5) is 10.5. The Morgan fingerprint density at radius 3 is 2.33 bits per heavy atom. The minimum atomic E-state index is -4.57. The second-order valence-corrected chi connectivity index (χ2v) is 4.82. The lowest BCUT2D eigenvalue weighted by Gasteiger charge is -2.17. The van der Waals surface area contributed by atoms with Gasteiger partial charge in [0.05, 0.1) is 12.0 Å². The lowest BCUT2D eigenvalue weighted by Crippen LogP contribution is -2.29. The number of ether oxygens (including phenoxy) is 1. The lowest BCUT2D eigenvalue weighted by molar-refractivity contribution is -0.156. The van der Waals surface area contributed by atoms with E-state index in [1.807, 2.05) is 0 Å². The molecule has 0 aromatic heterocycles. The molecule has 0 aliphatic heterocycles. The van der Waals surface area contributed by atoms with E-state index in [0.29, 0.717) is 0 Å². The minimum Gasteiger partial charge on any atom is -0.467 e. The van der Waals surface area contributed by atoms with Crippen molar-refractivity contribution in [1.82, 2.24) is 0 Å². The number of carbonyl (C=O) groups excluding carboxylic acids is 1. The van der Waals surface area contributed by atoms with Crippen molar-refractivity contribution in [3.8, 4) is 0 Å². The SMILES string of the molecule is COC(=O)C(O)C(O)c1ccccc1S(=O)(=O)O. The molecule has 0 bridgehead atoms. The van der Waals surface area contributed by atoms with Gasteiger partial charge in [0.1, 0.15) is 6.10 Å². The average molecular weight is 276 g/mol. The number of rotatable bonds is 4. The van der Waals surface area contributed by atoms with Crippen molar-refractivity contribution in [3.05, 3.63) is 29.8 Å². The molecule has 0 fully saturated rings. The predicted octanol–water partition coefficient (Wildman–Crippen LogP) is -0.499. The van der Waals surface area contributed by atoms with E-state index >= 15 is 0 Å². The van der Waals surface area contributed by atoms with E-state index in [2.05, 4.69) is 4.74 Å². The number of aliphatic hydroxyl groups excluding tert-OH is 2. The van der Waals surface area contributed by atoms with Crippen LogP contribution >= 0.6 is 0 Å². The largest absolute Gasteiger partial charge is 0.467 e. The Morgan fingerprint density at radius 2 is 1.83 bits per heavy atom. The molecule has 0 heterocycles. The van der Waals surface area contributed by atoms with Crippen LogP contribution < -0.4 is 0 Å². The van der Waals surface area contributed by atoms with Crippen LogP contribution in [0.3, 0.4) is 0 Å². The van der Waals surface area contributed by atoms with E-state index in [4.69, 9.17) is 4.55 Å². The molecule has 1 rings (SSSR count). The van der Waals surface area contributed by atoms with E-state index in [9.17, 15) is 23.4 Å². The summed E-state index contributed by atoms with van der Waals surface area (Å²) >= 11 is 0. The summed E-state index contributed by atoms with van der Waals surface area (Å²) < 4.78 is 35.3. The van der Waals surface area contributed by atoms with Gasteiger partial charge in [-0.05, 0) is 6.07 Å². The third-order valence-corrected chi connectivity index (χ3v) is 3.18. The van der Waals surface area contributed by atoms with Gasteiger partial charge in [0.2, 0.25) is 0 Å². The van der Waals surface area contributed by atoms with E-state index < -0.39 is 33.2 Å². The van der Waals surface area contributed by atoms with Gasteiger partial charge in [-0.3, -0.25) is 4.55 Å². The van der Waals surface area contributed by atoms with Gasteiger partial charge in [-0.15, -0.1) is 0 Å². The Kier molecular flexibility index (Phi) is 4.41. The van der Waals surface area contributed by atoms with Gasteiger partial charge in [0.15, 0.2) is 6.10 Å². The fourth-order valence-corrected chi connectivity index (χ4v) is 2.12. The van der Waals surface area contributed by atoms with Crippen molar-refractivity contribution < 1.29 is 32.7 Å². The van der Waals surface area contributed by atoms with Crippen LogP contribution in [0.4, 0.5) is 0 Å². The molecule has 1 aromatic carbocycles. The molecular weight excluding hydrogens is 264 g/mol. The van der Waals surface area contributed by atoms with E-state index in [1.54, 1.807) is 0 Å². The highest BCUT2D eigenvalue weighted by Gasteiger charge is 2.30. The van der Waals surface area contributed by atoms with Crippen LogP contribution in [0.15, 0.2) is 29.2 Å².